The summed E-state index contributed by atoms with van der Waals surface area (Å²) in [6, 6.07) is 9.27. The van der Waals surface area contributed by atoms with E-state index in [2.05, 4.69) is 42.4 Å². The van der Waals surface area contributed by atoms with Crippen LogP contribution in [0.25, 0.3) is 0 Å². The number of para-hydroxylation sites is 1. The molecule has 0 fully saturated rings. The third-order valence-electron chi connectivity index (χ3n) is 3.92. The molecule has 2 rings (SSSR count). The van der Waals surface area contributed by atoms with Crippen LogP contribution in [0.2, 0.25) is 0 Å². The van der Waals surface area contributed by atoms with Gasteiger partial charge in [0.2, 0.25) is 11.6 Å². The van der Waals surface area contributed by atoms with Crippen LogP contribution in [0, 0.1) is 0 Å². The third kappa shape index (κ3) is 7.77. The van der Waals surface area contributed by atoms with Gasteiger partial charge in [0.05, 0.1) is 24.7 Å². The van der Waals surface area contributed by atoms with E-state index < -0.39 is 11.9 Å². The highest BCUT2D eigenvalue weighted by atomic mass is 32.2. The molecule has 1 amide bonds. The molecule has 0 heterocycles. The average Bonchev–Trinajstić information content (AvgIpc) is 2.78. The maximum absolute atomic E-state index is 13.0. The number of hydrogen-bond donors (Lipinski definition) is 2. The Labute approximate surface area is 193 Å². The number of hydrogen-bond acceptors (Lipinski definition) is 7. The Balaban J connectivity index is 0.00000161. The minimum absolute atomic E-state index is 0.0665. The van der Waals surface area contributed by atoms with Crippen molar-refractivity contribution >= 4 is 35.1 Å². The molecular weight excluding hydrogens is 428 g/mol. The van der Waals surface area contributed by atoms with Gasteiger partial charge >= 0.3 is 6.09 Å². The van der Waals surface area contributed by atoms with Gasteiger partial charge in [-0.1, -0.05) is 51.6 Å². The van der Waals surface area contributed by atoms with Crippen molar-refractivity contribution in [2.24, 2.45) is 0 Å². The first-order valence-electron chi connectivity index (χ1n) is 10.0. The third-order valence-corrected chi connectivity index (χ3v) is 4.94. The first kappa shape index (κ1) is 26.8. The Bertz CT molecular complexity index is 920. The fraction of sp³-hybridized carbons (Fsp3) is 0.292. The van der Waals surface area contributed by atoms with Gasteiger partial charge in [-0.15, -0.1) is 11.8 Å². The highest BCUT2D eigenvalue weighted by Gasteiger charge is 2.32. The minimum atomic E-state index is -0.565. The summed E-state index contributed by atoms with van der Waals surface area (Å²) in [6.45, 7) is 12.4. The van der Waals surface area contributed by atoms with Crippen molar-refractivity contribution in [2.45, 2.75) is 20.3 Å². The van der Waals surface area contributed by atoms with Gasteiger partial charge in [-0.05, 0) is 12.1 Å². The van der Waals surface area contributed by atoms with Crippen LogP contribution in [-0.4, -0.2) is 44.2 Å². The van der Waals surface area contributed by atoms with Crippen molar-refractivity contribution in [3.63, 3.8) is 0 Å². The summed E-state index contributed by atoms with van der Waals surface area (Å²) >= 11 is 1.15. The van der Waals surface area contributed by atoms with Crippen LogP contribution in [0.1, 0.15) is 20.3 Å². The summed E-state index contributed by atoms with van der Waals surface area (Å²) in [5.41, 5.74) is 1.48. The van der Waals surface area contributed by atoms with E-state index in [4.69, 9.17) is 4.74 Å². The molecule has 0 atom stereocenters. The first-order chi connectivity index (χ1) is 15.3. The first-order valence-corrected chi connectivity index (χ1v) is 11.0. The molecule has 172 valence electrons. The molecule has 1 aliphatic carbocycles. The lowest BCUT2D eigenvalue weighted by molar-refractivity contribution is -0.117. The summed E-state index contributed by atoms with van der Waals surface area (Å²) < 4.78 is 9.67. The van der Waals surface area contributed by atoms with Crippen LogP contribution in [-0.2, 0) is 19.1 Å². The number of anilines is 1. The molecule has 0 radical (unpaired) electrons. The van der Waals surface area contributed by atoms with Gasteiger partial charge in [0, 0.05) is 35.3 Å². The number of methoxy groups -OCH3 is 2. The highest BCUT2D eigenvalue weighted by molar-refractivity contribution is 8.04. The van der Waals surface area contributed by atoms with Crippen molar-refractivity contribution < 1.29 is 23.9 Å². The number of carbonyl (C=O) groups is 3. The van der Waals surface area contributed by atoms with Crippen LogP contribution >= 0.6 is 11.8 Å². The fourth-order valence-electron chi connectivity index (χ4n) is 2.49. The number of thioether (sulfide) groups is 1. The quantitative estimate of drug-likeness (QED) is 0.317. The molecular formula is C24H30N2O5S. The van der Waals surface area contributed by atoms with Crippen molar-refractivity contribution in [3.05, 3.63) is 77.1 Å². The van der Waals surface area contributed by atoms with Crippen molar-refractivity contribution in [1.82, 2.24) is 5.32 Å². The Kier molecular flexibility index (Phi) is 11.7. The van der Waals surface area contributed by atoms with E-state index in [-0.39, 0.29) is 34.1 Å². The number of Topliss-reactive ketones (excluding diaryl/α,β-unsaturated/α-hetero) is 1. The van der Waals surface area contributed by atoms with Gasteiger partial charge in [0.15, 0.2) is 5.76 Å². The Hall–Kier alpha value is -3.26. The largest absolute Gasteiger partial charge is 0.492 e. The standard InChI is InChI=1S/C21H22N2O5S.C3H8/c1-13(14(2)23-15-8-6-5-7-9-15)18-19(25)17(12-16(24)20(18)27-3)29-11-10-22-21(26)28-4;1-3-2/h5-9,12,23H,1-2,10-11H2,3-4H3,(H,22,26);3H2,1-2H3. The predicted molar refractivity (Wildman–Crippen MR) is 129 cm³/mol. The van der Waals surface area contributed by atoms with Crippen LogP contribution in [0.3, 0.4) is 0 Å². The average molecular weight is 459 g/mol. The second kappa shape index (κ2) is 13.9. The number of ketones is 2. The van der Waals surface area contributed by atoms with Gasteiger partial charge in [0.25, 0.3) is 0 Å². The molecule has 0 saturated heterocycles. The zero-order valence-corrected chi connectivity index (χ0v) is 19.8. The number of nitrogens with one attached hydrogen (secondary N) is 2. The molecule has 2 N–H and O–H groups in total. The molecule has 7 nitrogen and oxygen atoms in total. The molecule has 1 aliphatic rings. The van der Waals surface area contributed by atoms with E-state index in [1.54, 1.807) is 0 Å². The van der Waals surface area contributed by atoms with E-state index in [0.717, 1.165) is 17.4 Å². The lowest BCUT2D eigenvalue weighted by Crippen LogP contribution is -2.26. The summed E-state index contributed by atoms with van der Waals surface area (Å²) in [5.74, 6) is -0.511. The topological polar surface area (TPSA) is 93.7 Å². The minimum Gasteiger partial charge on any atom is -0.492 e. The van der Waals surface area contributed by atoms with Crippen molar-refractivity contribution in [3.8, 4) is 0 Å². The van der Waals surface area contributed by atoms with Gasteiger partial charge < -0.3 is 20.1 Å². The Morgan fingerprint density at radius 2 is 1.72 bits per heavy atom. The SMILES string of the molecule is C=C(Nc1ccccc1)C(=C)C1=C(OC)C(=O)C=C(SCCNC(=O)OC)C1=O.CCC. The highest BCUT2D eigenvalue weighted by Crippen LogP contribution is 2.33. The smallest absolute Gasteiger partial charge is 0.406 e. The zero-order valence-electron chi connectivity index (χ0n) is 18.9. The molecule has 0 saturated carbocycles. The summed E-state index contributed by atoms with van der Waals surface area (Å²) in [4.78, 5) is 36.8. The molecule has 1 aromatic carbocycles. The lowest BCUT2D eigenvalue weighted by atomic mass is 9.93. The van der Waals surface area contributed by atoms with Crippen LogP contribution < -0.4 is 10.6 Å². The number of alkyl carbamates (subject to hydrolysis) is 1. The second-order valence-corrected chi connectivity index (χ2v) is 7.67. The van der Waals surface area contributed by atoms with Gasteiger partial charge in [-0.25, -0.2) is 4.79 Å². The number of carbonyl (C=O) groups excluding carboxylic acids is 3. The summed E-state index contributed by atoms with van der Waals surface area (Å²) in [7, 11) is 2.59. The molecule has 0 aromatic heterocycles. The Morgan fingerprint density at radius 3 is 2.28 bits per heavy atom. The molecule has 0 aliphatic heterocycles. The molecule has 0 unspecified atom stereocenters. The summed E-state index contributed by atoms with van der Waals surface area (Å²) in [6.07, 6.45) is 1.92. The molecule has 32 heavy (non-hydrogen) atoms. The molecule has 8 heteroatoms. The van der Waals surface area contributed by atoms with Crippen molar-refractivity contribution in [1.29, 1.82) is 0 Å². The molecule has 0 bridgehead atoms. The zero-order chi connectivity index (χ0) is 24.1. The van der Waals surface area contributed by atoms with Gasteiger partial charge in [-0.2, -0.15) is 0 Å². The normalized spacial score (nSPS) is 12.8. The van der Waals surface area contributed by atoms with E-state index in [1.165, 1.54) is 26.7 Å². The fourth-order valence-corrected chi connectivity index (χ4v) is 3.34. The van der Waals surface area contributed by atoms with E-state index in [1.807, 2.05) is 30.3 Å². The van der Waals surface area contributed by atoms with E-state index in [0.29, 0.717) is 11.4 Å². The number of benzene rings is 1. The monoisotopic (exact) mass is 458 g/mol. The maximum Gasteiger partial charge on any atom is 0.406 e. The lowest BCUT2D eigenvalue weighted by Gasteiger charge is -2.21. The van der Waals surface area contributed by atoms with E-state index >= 15 is 0 Å². The van der Waals surface area contributed by atoms with Gasteiger partial charge in [-0.3, -0.25) is 9.59 Å². The van der Waals surface area contributed by atoms with E-state index in [9.17, 15) is 14.4 Å². The number of allylic oxidation sites excluding steroid dienone is 3. The Morgan fingerprint density at radius 1 is 1.09 bits per heavy atom. The number of ether oxygens (including phenoxy) is 2. The van der Waals surface area contributed by atoms with Gasteiger partial charge in [0.1, 0.15) is 0 Å². The molecule has 0 spiro atoms. The second-order valence-electron chi connectivity index (χ2n) is 6.53. The number of amides is 1. The maximum atomic E-state index is 13.0. The van der Waals surface area contributed by atoms with Crippen LogP contribution in [0.15, 0.2) is 77.1 Å². The van der Waals surface area contributed by atoms with Crippen molar-refractivity contribution in [2.75, 3.05) is 31.8 Å². The summed E-state index contributed by atoms with van der Waals surface area (Å²) in [5, 5.41) is 5.58. The number of rotatable bonds is 9. The predicted octanol–water partition coefficient (Wildman–Crippen LogP) is 4.61. The van der Waals surface area contributed by atoms with Crippen LogP contribution in [0.4, 0.5) is 10.5 Å². The molecule has 1 aromatic rings. The van der Waals surface area contributed by atoms with Crippen LogP contribution in [0.5, 0.6) is 0 Å².